The summed E-state index contributed by atoms with van der Waals surface area (Å²) < 4.78 is 13.4. The molecule has 0 radical (unpaired) electrons. The van der Waals surface area contributed by atoms with Crippen LogP contribution >= 0.6 is 11.6 Å². The number of rotatable bonds is 3. The normalized spacial score (nSPS) is 15.5. The minimum absolute atomic E-state index is 0.157. The summed E-state index contributed by atoms with van der Waals surface area (Å²) in [6, 6.07) is 14.3. The first kappa shape index (κ1) is 17.1. The second kappa shape index (κ2) is 7.12. The molecule has 0 atom stereocenters. The number of carbonyl (C=O) groups is 1. The molecule has 4 rings (SSSR count). The van der Waals surface area contributed by atoms with Crippen LogP contribution in [0.5, 0.6) is 0 Å². The predicted molar refractivity (Wildman–Crippen MR) is 102 cm³/mol. The van der Waals surface area contributed by atoms with Gasteiger partial charge in [0.05, 0.1) is 6.42 Å². The Hall–Kier alpha value is -2.33. The second-order valence-electron chi connectivity index (χ2n) is 6.91. The van der Waals surface area contributed by atoms with E-state index in [0.29, 0.717) is 17.4 Å². The molecule has 1 aromatic heterocycles. The van der Waals surface area contributed by atoms with Crippen molar-refractivity contribution in [3.63, 3.8) is 0 Å². The molecule has 0 bridgehead atoms. The second-order valence-corrected chi connectivity index (χ2v) is 7.35. The lowest BCUT2D eigenvalue weighted by Crippen LogP contribution is -2.38. The Morgan fingerprint density at radius 3 is 2.58 bits per heavy atom. The van der Waals surface area contributed by atoms with Crippen LogP contribution in [0.2, 0.25) is 5.02 Å². The first-order valence-corrected chi connectivity index (χ1v) is 9.27. The van der Waals surface area contributed by atoms with Crippen molar-refractivity contribution >= 4 is 28.4 Å². The van der Waals surface area contributed by atoms with E-state index in [1.807, 2.05) is 35.2 Å². The largest absolute Gasteiger partial charge is 0.358 e. The van der Waals surface area contributed by atoms with Crippen LogP contribution in [0, 0.1) is 5.82 Å². The number of benzene rings is 2. The third-order valence-electron chi connectivity index (χ3n) is 5.16. The van der Waals surface area contributed by atoms with Crippen molar-refractivity contribution in [1.82, 2.24) is 9.88 Å². The van der Waals surface area contributed by atoms with Gasteiger partial charge in [0.15, 0.2) is 0 Å². The van der Waals surface area contributed by atoms with E-state index in [-0.39, 0.29) is 11.7 Å². The molecule has 5 heteroatoms. The molecule has 2 aromatic carbocycles. The van der Waals surface area contributed by atoms with Gasteiger partial charge in [-0.15, -0.1) is 0 Å². The minimum atomic E-state index is -0.217. The number of aromatic nitrogens is 1. The van der Waals surface area contributed by atoms with Gasteiger partial charge in [0, 0.05) is 40.6 Å². The van der Waals surface area contributed by atoms with Crippen molar-refractivity contribution in [3.05, 3.63) is 70.6 Å². The Kier molecular flexibility index (Phi) is 4.68. The van der Waals surface area contributed by atoms with E-state index in [9.17, 15) is 9.18 Å². The zero-order valence-corrected chi connectivity index (χ0v) is 15.1. The van der Waals surface area contributed by atoms with Gasteiger partial charge >= 0.3 is 0 Å². The molecule has 3 nitrogen and oxygen atoms in total. The Morgan fingerprint density at radius 2 is 1.85 bits per heavy atom. The lowest BCUT2D eigenvalue weighted by atomic mass is 9.93. The molecule has 0 spiro atoms. The van der Waals surface area contributed by atoms with E-state index in [0.717, 1.165) is 48.1 Å². The van der Waals surface area contributed by atoms with Crippen LogP contribution in [-0.2, 0) is 11.2 Å². The first-order chi connectivity index (χ1) is 12.6. The molecular formula is C21H20ClFN2O. The lowest BCUT2D eigenvalue weighted by molar-refractivity contribution is -0.131. The molecule has 1 amide bonds. The molecular weight excluding hydrogens is 351 g/mol. The lowest BCUT2D eigenvalue weighted by Gasteiger charge is -2.31. The maximum absolute atomic E-state index is 13.4. The predicted octanol–water partition coefficient (Wildman–Crippen LogP) is 4.91. The fourth-order valence-corrected chi connectivity index (χ4v) is 3.80. The fourth-order valence-electron chi connectivity index (χ4n) is 3.67. The Labute approximate surface area is 156 Å². The molecule has 1 aliphatic heterocycles. The molecule has 1 fully saturated rings. The highest BCUT2D eigenvalue weighted by Crippen LogP contribution is 2.30. The summed E-state index contributed by atoms with van der Waals surface area (Å²) in [5.74, 6) is 0.320. The topological polar surface area (TPSA) is 36.1 Å². The van der Waals surface area contributed by atoms with E-state index in [2.05, 4.69) is 4.98 Å². The van der Waals surface area contributed by atoms with Crippen LogP contribution in [0.15, 0.2) is 48.5 Å². The average Bonchev–Trinajstić information content (AvgIpc) is 3.07. The van der Waals surface area contributed by atoms with Crippen LogP contribution in [0.3, 0.4) is 0 Å². The molecule has 3 aromatic rings. The summed E-state index contributed by atoms with van der Waals surface area (Å²) in [4.78, 5) is 17.9. The van der Waals surface area contributed by atoms with Crippen LogP contribution < -0.4 is 0 Å². The summed E-state index contributed by atoms with van der Waals surface area (Å²) in [6.07, 6.45) is 2.25. The van der Waals surface area contributed by atoms with Gasteiger partial charge in [0.2, 0.25) is 5.91 Å². The molecule has 26 heavy (non-hydrogen) atoms. The monoisotopic (exact) mass is 370 g/mol. The van der Waals surface area contributed by atoms with E-state index in [4.69, 9.17) is 11.6 Å². The number of fused-ring (bicyclic) bond motifs is 1. The van der Waals surface area contributed by atoms with E-state index < -0.39 is 0 Å². The van der Waals surface area contributed by atoms with Gasteiger partial charge in [-0.25, -0.2) is 4.39 Å². The Balaban J connectivity index is 1.38. The molecule has 0 aliphatic carbocycles. The highest BCUT2D eigenvalue weighted by molar-refractivity contribution is 6.30. The number of piperidine rings is 1. The van der Waals surface area contributed by atoms with Crippen molar-refractivity contribution in [1.29, 1.82) is 0 Å². The number of halogens is 2. The number of nitrogens with one attached hydrogen (secondary N) is 1. The van der Waals surface area contributed by atoms with Crippen molar-refractivity contribution in [2.24, 2.45) is 0 Å². The number of aromatic amines is 1. The van der Waals surface area contributed by atoms with Crippen LogP contribution in [0.1, 0.15) is 30.0 Å². The number of carbonyl (C=O) groups excluding carboxylic acids is 1. The molecule has 0 saturated carbocycles. The maximum atomic E-state index is 13.4. The SMILES string of the molecule is O=C(Cc1ccc(Cl)cc1)N1CCC(c2cc3cc(F)ccc3[nH]2)CC1. The van der Waals surface area contributed by atoms with Gasteiger partial charge in [-0.1, -0.05) is 23.7 Å². The van der Waals surface area contributed by atoms with Crippen LogP contribution in [0.4, 0.5) is 4.39 Å². The van der Waals surface area contributed by atoms with Crippen molar-refractivity contribution < 1.29 is 9.18 Å². The molecule has 134 valence electrons. The molecule has 1 aliphatic rings. The standard InChI is InChI=1S/C21H20ClFN2O/c22-17-3-1-14(2-4-17)11-21(26)25-9-7-15(8-10-25)20-13-16-12-18(23)5-6-19(16)24-20/h1-6,12-13,15,24H,7-11H2. The minimum Gasteiger partial charge on any atom is -0.358 e. The third-order valence-corrected chi connectivity index (χ3v) is 5.41. The third kappa shape index (κ3) is 3.61. The average molecular weight is 371 g/mol. The van der Waals surface area contributed by atoms with Crippen molar-refractivity contribution in [3.8, 4) is 0 Å². The fraction of sp³-hybridized carbons (Fsp3) is 0.286. The first-order valence-electron chi connectivity index (χ1n) is 8.89. The van der Waals surface area contributed by atoms with Gasteiger partial charge in [-0.3, -0.25) is 4.79 Å². The number of nitrogens with zero attached hydrogens (tertiary/aromatic N) is 1. The molecule has 1 N–H and O–H groups in total. The highest BCUT2D eigenvalue weighted by atomic mass is 35.5. The maximum Gasteiger partial charge on any atom is 0.226 e. The number of hydrogen-bond acceptors (Lipinski definition) is 1. The zero-order valence-electron chi connectivity index (χ0n) is 14.3. The van der Waals surface area contributed by atoms with Crippen molar-refractivity contribution in [2.45, 2.75) is 25.2 Å². The van der Waals surface area contributed by atoms with E-state index in [1.54, 1.807) is 12.1 Å². The summed E-state index contributed by atoms with van der Waals surface area (Å²) >= 11 is 5.89. The molecule has 1 saturated heterocycles. The van der Waals surface area contributed by atoms with Gasteiger partial charge in [0.25, 0.3) is 0 Å². The summed E-state index contributed by atoms with van der Waals surface area (Å²) in [5.41, 5.74) is 3.08. The smallest absolute Gasteiger partial charge is 0.226 e. The van der Waals surface area contributed by atoms with Gasteiger partial charge in [-0.2, -0.15) is 0 Å². The van der Waals surface area contributed by atoms with Gasteiger partial charge in [0.1, 0.15) is 5.82 Å². The van der Waals surface area contributed by atoms with E-state index in [1.165, 1.54) is 6.07 Å². The number of hydrogen-bond donors (Lipinski definition) is 1. The Bertz CT molecular complexity index is 927. The van der Waals surface area contributed by atoms with Crippen LogP contribution in [0.25, 0.3) is 10.9 Å². The number of H-pyrrole nitrogens is 1. The Morgan fingerprint density at radius 1 is 1.12 bits per heavy atom. The van der Waals surface area contributed by atoms with Gasteiger partial charge in [-0.05, 0) is 54.8 Å². The number of likely N-dealkylation sites (tertiary alicyclic amines) is 1. The summed E-state index contributed by atoms with van der Waals surface area (Å²) in [7, 11) is 0. The molecule has 0 unspecified atom stereocenters. The summed E-state index contributed by atoms with van der Waals surface area (Å²) in [6.45, 7) is 1.50. The van der Waals surface area contributed by atoms with Gasteiger partial charge < -0.3 is 9.88 Å². The van der Waals surface area contributed by atoms with E-state index >= 15 is 0 Å². The molecule has 2 heterocycles. The zero-order chi connectivity index (χ0) is 18.1. The highest BCUT2D eigenvalue weighted by Gasteiger charge is 2.24. The quantitative estimate of drug-likeness (QED) is 0.698. The summed E-state index contributed by atoms with van der Waals surface area (Å²) in [5, 5.41) is 1.58. The van der Waals surface area contributed by atoms with Crippen molar-refractivity contribution in [2.75, 3.05) is 13.1 Å². The van der Waals surface area contributed by atoms with Crippen LogP contribution in [-0.4, -0.2) is 28.9 Å². The number of amides is 1.